The molecule has 1 N–H and O–H groups in total. The van der Waals surface area contributed by atoms with Gasteiger partial charge in [0.2, 0.25) is 0 Å². The van der Waals surface area contributed by atoms with Crippen molar-refractivity contribution in [1.82, 2.24) is 4.90 Å². The van der Waals surface area contributed by atoms with Gasteiger partial charge >= 0.3 is 0 Å². The molecule has 0 amide bonds. The first kappa shape index (κ1) is 16.4. The van der Waals surface area contributed by atoms with E-state index in [2.05, 4.69) is 18.7 Å². The van der Waals surface area contributed by atoms with E-state index in [1.54, 1.807) is 0 Å². The second-order valence-electron chi connectivity index (χ2n) is 6.36. The van der Waals surface area contributed by atoms with Crippen molar-refractivity contribution in [3.8, 4) is 0 Å². The minimum Gasteiger partial charge on any atom is -0.386 e. The number of hydrogen-bond acceptors (Lipinski definition) is 2. The number of aryl methyl sites for hydroxylation is 2. The molecule has 2 rings (SSSR count). The highest BCUT2D eigenvalue weighted by atomic mass is 19.1. The third kappa shape index (κ3) is 2.86. The normalized spacial score (nSPS) is 19.2. The smallest absolute Gasteiger partial charge is 0.129 e. The molecule has 0 radical (unpaired) electrons. The van der Waals surface area contributed by atoms with E-state index in [9.17, 15) is 9.50 Å². The number of hydrogen-bond donors (Lipinski definition) is 1. The minimum atomic E-state index is -0.750. The SMILES string of the molecule is CCN(CC)C1(C(O)c2c(C)cc(C)cc2F)CCCC1. The Kier molecular flexibility index (Phi) is 5.05. The van der Waals surface area contributed by atoms with E-state index in [4.69, 9.17) is 0 Å². The van der Waals surface area contributed by atoms with Gasteiger partial charge in [-0.25, -0.2) is 4.39 Å². The number of halogens is 1. The van der Waals surface area contributed by atoms with Crippen LogP contribution in [0.1, 0.15) is 62.3 Å². The maximum atomic E-state index is 14.5. The Morgan fingerprint density at radius 1 is 1.19 bits per heavy atom. The molecule has 1 fully saturated rings. The van der Waals surface area contributed by atoms with E-state index in [-0.39, 0.29) is 11.4 Å². The van der Waals surface area contributed by atoms with Crippen LogP contribution >= 0.6 is 0 Å². The molecular weight excluding hydrogens is 265 g/mol. The van der Waals surface area contributed by atoms with Crippen LogP contribution in [-0.4, -0.2) is 28.6 Å². The Morgan fingerprint density at radius 3 is 2.24 bits per heavy atom. The van der Waals surface area contributed by atoms with Crippen molar-refractivity contribution >= 4 is 0 Å². The number of nitrogens with zero attached hydrogens (tertiary/aromatic N) is 1. The van der Waals surface area contributed by atoms with E-state index in [1.807, 2.05) is 19.9 Å². The van der Waals surface area contributed by atoms with Crippen LogP contribution in [0.5, 0.6) is 0 Å². The van der Waals surface area contributed by atoms with Gasteiger partial charge in [-0.15, -0.1) is 0 Å². The summed E-state index contributed by atoms with van der Waals surface area (Å²) in [6.07, 6.45) is 3.37. The maximum Gasteiger partial charge on any atom is 0.129 e. The van der Waals surface area contributed by atoms with Gasteiger partial charge in [0.1, 0.15) is 11.9 Å². The second-order valence-corrected chi connectivity index (χ2v) is 6.36. The largest absolute Gasteiger partial charge is 0.386 e. The van der Waals surface area contributed by atoms with E-state index >= 15 is 0 Å². The van der Waals surface area contributed by atoms with Crippen molar-refractivity contribution in [2.75, 3.05) is 13.1 Å². The van der Waals surface area contributed by atoms with Gasteiger partial charge in [0.05, 0.1) is 5.54 Å². The molecule has 1 atom stereocenters. The molecule has 118 valence electrons. The molecule has 2 nitrogen and oxygen atoms in total. The molecule has 1 aromatic carbocycles. The van der Waals surface area contributed by atoms with Crippen molar-refractivity contribution in [2.45, 2.75) is 65.0 Å². The summed E-state index contributed by atoms with van der Waals surface area (Å²) in [5.41, 5.74) is 1.96. The Morgan fingerprint density at radius 2 is 1.76 bits per heavy atom. The van der Waals surface area contributed by atoms with Crippen LogP contribution in [0.2, 0.25) is 0 Å². The summed E-state index contributed by atoms with van der Waals surface area (Å²) < 4.78 is 14.5. The molecule has 1 aliphatic rings. The second kappa shape index (κ2) is 6.45. The highest BCUT2D eigenvalue weighted by Crippen LogP contribution is 2.45. The molecule has 0 heterocycles. The Labute approximate surface area is 128 Å². The number of rotatable bonds is 5. The molecule has 3 heteroatoms. The van der Waals surface area contributed by atoms with Crippen LogP contribution in [0, 0.1) is 19.7 Å². The van der Waals surface area contributed by atoms with Crippen LogP contribution in [0.25, 0.3) is 0 Å². The van der Waals surface area contributed by atoms with Crippen molar-refractivity contribution in [1.29, 1.82) is 0 Å². The Hall–Kier alpha value is -0.930. The first-order valence-electron chi connectivity index (χ1n) is 8.16. The molecule has 0 aromatic heterocycles. The summed E-state index contributed by atoms with van der Waals surface area (Å²) >= 11 is 0. The highest BCUT2D eigenvalue weighted by molar-refractivity contribution is 5.35. The first-order valence-corrected chi connectivity index (χ1v) is 8.16. The molecule has 0 spiro atoms. The lowest BCUT2D eigenvalue weighted by atomic mass is 9.82. The average molecular weight is 293 g/mol. The zero-order valence-electron chi connectivity index (χ0n) is 13.7. The van der Waals surface area contributed by atoms with Gasteiger partial charge < -0.3 is 5.11 Å². The monoisotopic (exact) mass is 293 g/mol. The van der Waals surface area contributed by atoms with E-state index in [1.165, 1.54) is 6.07 Å². The van der Waals surface area contributed by atoms with Crippen molar-refractivity contribution in [3.63, 3.8) is 0 Å². The highest BCUT2D eigenvalue weighted by Gasteiger charge is 2.46. The summed E-state index contributed by atoms with van der Waals surface area (Å²) in [5.74, 6) is -0.265. The van der Waals surface area contributed by atoms with Crippen LogP contribution in [0.4, 0.5) is 4.39 Å². The summed E-state index contributed by atoms with van der Waals surface area (Å²) in [6, 6.07) is 3.50. The molecular formula is C18H28FNO. The Balaban J connectivity index is 2.47. The van der Waals surface area contributed by atoms with Crippen molar-refractivity contribution in [3.05, 3.63) is 34.6 Å². The lowest BCUT2D eigenvalue weighted by molar-refractivity contribution is -0.0288. The van der Waals surface area contributed by atoms with Crippen LogP contribution in [-0.2, 0) is 0 Å². The lowest BCUT2D eigenvalue weighted by Crippen LogP contribution is -2.51. The van der Waals surface area contributed by atoms with E-state index < -0.39 is 6.10 Å². The zero-order valence-corrected chi connectivity index (χ0v) is 13.7. The van der Waals surface area contributed by atoms with Gasteiger partial charge in [-0.2, -0.15) is 0 Å². The fourth-order valence-corrected chi connectivity index (χ4v) is 4.15. The first-order chi connectivity index (χ1) is 9.96. The quantitative estimate of drug-likeness (QED) is 0.882. The van der Waals surface area contributed by atoms with Gasteiger partial charge in [-0.1, -0.05) is 32.8 Å². The average Bonchev–Trinajstić information content (AvgIpc) is 2.89. The van der Waals surface area contributed by atoms with Gasteiger partial charge in [0, 0.05) is 5.56 Å². The topological polar surface area (TPSA) is 23.5 Å². The molecule has 1 aromatic rings. The lowest BCUT2D eigenvalue weighted by Gasteiger charge is -2.44. The summed E-state index contributed by atoms with van der Waals surface area (Å²) in [4.78, 5) is 2.32. The molecule has 1 unspecified atom stereocenters. The summed E-state index contributed by atoms with van der Waals surface area (Å²) in [6.45, 7) is 9.81. The van der Waals surface area contributed by atoms with Gasteiger partial charge in [0.15, 0.2) is 0 Å². The molecule has 0 saturated heterocycles. The summed E-state index contributed by atoms with van der Waals surface area (Å²) in [7, 11) is 0. The fourth-order valence-electron chi connectivity index (χ4n) is 4.15. The van der Waals surface area contributed by atoms with Crippen LogP contribution in [0.15, 0.2) is 12.1 Å². The predicted molar refractivity (Wildman–Crippen MR) is 85.0 cm³/mol. The van der Waals surface area contributed by atoms with Gasteiger partial charge in [0.25, 0.3) is 0 Å². The maximum absolute atomic E-state index is 14.5. The van der Waals surface area contributed by atoms with Crippen molar-refractivity contribution < 1.29 is 9.50 Å². The molecule has 1 saturated carbocycles. The van der Waals surface area contributed by atoms with Gasteiger partial charge in [-0.3, -0.25) is 4.90 Å². The van der Waals surface area contributed by atoms with Crippen LogP contribution < -0.4 is 0 Å². The van der Waals surface area contributed by atoms with Crippen molar-refractivity contribution in [2.24, 2.45) is 0 Å². The number of aliphatic hydroxyl groups excluding tert-OH is 1. The third-order valence-corrected chi connectivity index (χ3v) is 5.13. The molecule has 21 heavy (non-hydrogen) atoms. The number of benzene rings is 1. The molecule has 0 aliphatic heterocycles. The molecule has 1 aliphatic carbocycles. The minimum absolute atomic E-state index is 0.265. The van der Waals surface area contributed by atoms with E-state index in [0.29, 0.717) is 5.56 Å². The summed E-state index contributed by atoms with van der Waals surface area (Å²) in [5, 5.41) is 11.1. The fraction of sp³-hybridized carbons (Fsp3) is 0.667. The predicted octanol–water partition coefficient (Wildman–Crippen LogP) is 4.13. The number of likely N-dealkylation sites (N-methyl/N-ethyl adjacent to an activating group) is 1. The van der Waals surface area contributed by atoms with Crippen LogP contribution in [0.3, 0.4) is 0 Å². The van der Waals surface area contributed by atoms with E-state index in [0.717, 1.165) is 49.9 Å². The zero-order chi connectivity index (χ0) is 15.6. The molecule has 0 bridgehead atoms. The Bertz CT molecular complexity index is 467. The standard InChI is InChI=1S/C18H28FNO/c1-5-20(6-2)18(9-7-8-10-18)17(21)16-14(4)11-13(3)12-15(16)19/h11-12,17,21H,5-10H2,1-4H3. The number of aliphatic hydroxyl groups is 1. The third-order valence-electron chi connectivity index (χ3n) is 5.13. The van der Waals surface area contributed by atoms with Gasteiger partial charge in [-0.05, 0) is 57.0 Å².